The number of alkyl carbamates (subject to hydrolysis) is 1. The first-order chi connectivity index (χ1) is 23.9. The third-order valence-corrected chi connectivity index (χ3v) is 9.16. The van der Waals surface area contributed by atoms with E-state index in [4.69, 9.17) is 18.9 Å². The van der Waals surface area contributed by atoms with Gasteiger partial charge in [0.15, 0.2) is 0 Å². The highest BCUT2D eigenvalue weighted by Crippen LogP contribution is 2.42. The van der Waals surface area contributed by atoms with E-state index in [1.54, 1.807) is 14.2 Å². The third kappa shape index (κ3) is 9.21. The molecule has 0 bridgehead atoms. The Kier molecular flexibility index (Phi) is 12.7. The van der Waals surface area contributed by atoms with Gasteiger partial charge < -0.3 is 29.2 Å². The molecule has 0 radical (unpaired) electrons. The van der Waals surface area contributed by atoms with Crippen LogP contribution in [0.3, 0.4) is 0 Å². The standard InChI is InChI=1S/C41H48N2O6/c1-31-27-36(43(28-31)39(44)17-11-6-12-26-42-40(45)48-29-32-13-7-4-8-14-32)30-49-41(33-15-9-5-10-16-33,34-18-22-37(46-2)23-19-34)35-20-24-38(47-3)25-21-35/h4-5,7-10,13-16,18-25,31,36H,6,11-12,17,26-30H2,1-3H3,(H,42,45)/t31-,36+/m1/s1. The monoisotopic (exact) mass is 664 g/mol. The minimum absolute atomic E-state index is 0.0527. The summed E-state index contributed by atoms with van der Waals surface area (Å²) >= 11 is 0. The molecule has 49 heavy (non-hydrogen) atoms. The van der Waals surface area contributed by atoms with Gasteiger partial charge in [-0.25, -0.2) is 4.79 Å². The summed E-state index contributed by atoms with van der Waals surface area (Å²) in [5, 5.41) is 2.81. The highest BCUT2D eigenvalue weighted by atomic mass is 16.5. The van der Waals surface area contributed by atoms with Gasteiger partial charge in [0.05, 0.1) is 26.9 Å². The molecule has 1 N–H and O–H groups in total. The lowest BCUT2D eigenvalue weighted by molar-refractivity contribution is -0.134. The zero-order chi connectivity index (χ0) is 34.5. The minimum Gasteiger partial charge on any atom is -0.497 e. The maximum atomic E-state index is 13.6. The van der Waals surface area contributed by atoms with Crippen LogP contribution in [0.1, 0.15) is 61.3 Å². The molecule has 258 valence electrons. The van der Waals surface area contributed by atoms with Gasteiger partial charge in [-0.2, -0.15) is 0 Å². The maximum Gasteiger partial charge on any atom is 0.407 e. The number of likely N-dealkylation sites (tertiary alicyclic amines) is 1. The molecule has 0 saturated carbocycles. The van der Waals surface area contributed by atoms with Crippen LogP contribution in [-0.2, 0) is 26.5 Å². The van der Waals surface area contributed by atoms with E-state index in [9.17, 15) is 9.59 Å². The average molecular weight is 665 g/mol. The molecule has 4 aromatic carbocycles. The molecular weight excluding hydrogens is 616 g/mol. The molecule has 1 aliphatic rings. The van der Waals surface area contributed by atoms with E-state index in [0.717, 1.165) is 59.4 Å². The maximum absolute atomic E-state index is 13.6. The van der Waals surface area contributed by atoms with Crippen LogP contribution in [-0.4, -0.2) is 56.9 Å². The molecular formula is C41H48N2O6. The van der Waals surface area contributed by atoms with Crippen molar-refractivity contribution in [2.24, 2.45) is 5.92 Å². The number of ether oxygens (including phenoxy) is 4. The SMILES string of the molecule is COc1ccc(C(OC[C@@H]2C[C@@H](C)CN2C(=O)CCCCCNC(=O)OCc2ccccc2)(c2ccccc2)c2ccc(OC)cc2)cc1. The highest BCUT2D eigenvalue weighted by molar-refractivity contribution is 5.76. The van der Waals surface area contributed by atoms with Crippen molar-refractivity contribution in [2.45, 2.75) is 57.3 Å². The first kappa shape index (κ1) is 35.5. The van der Waals surface area contributed by atoms with Crippen LogP contribution in [0.4, 0.5) is 4.79 Å². The molecule has 1 saturated heterocycles. The normalized spacial score (nSPS) is 15.9. The second kappa shape index (κ2) is 17.5. The van der Waals surface area contributed by atoms with Gasteiger partial charge in [-0.15, -0.1) is 0 Å². The van der Waals surface area contributed by atoms with E-state index >= 15 is 0 Å². The van der Waals surface area contributed by atoms with Crippen molar-refractivity contribution in [1.29, 1.82) is 0 Å². The first-order valence-corrected chi connectivity index (χ1v) is 17.2. The summed E-state index contributed by atoms with van der Waals surface area (Å²) in [5.74, 6) is 2.05. The number of hydrogen-bond donors (Lipinski definition) is 1. The van der Waals surface area contributed by atoms with Crippen LogP contribution in [0, 0.1) is 5.92 Å². The topological polar surface area (TPSA) is 86.3 Å². The van der Waals surface area contributed by atoms with Crippen molar-refractivity contribution in [3.63, 3.8) is 0 Å². The van der Waals surface area contributed by atoms with E-state index in [1.807, 2.05) is 102 Å². The summed E-state index contributed by atoms with van der Waals surface area (Å²) in [6, 6.07) is 35.8. The summed E-state index contributed by atoms with van der Waals surface area (Å²) in [6.07, 6.45) is 3.27. The van der Waals surface area contributed by atoms with Crippen LogP contribution in [0.15, 0.2) is 109 Å². The second-order valence-corrected chi connectivity index (χ2v) is 12.7. The first-order valence-electron chi connectivity index (χ1n) is 17.2. The fourth-order valence-electron chi connectivity index (χ4n) is 6.60. The van der Waals surface area contributed by atoms with Gasteiger partial charge >= 0.3 is 6.09 Å². The van der Waals surface area contributed by atoms with Crippen LogP contribution in [0.5, 0.6) is 11.5 Å². The molecule has 4 aromatic rings. The van der Waals surface area contributed by atoms with Crippen LogP contribution in [0.2, 0.25) is 0 Å². The van der Waals surface area contributed by atoms with Crippen molar-refractivity contribution < 1.29 is 28.5 Å². The predicted octanol–water partition coefficient (Wildman–Crippen LogP) is 7.74. The molecule has 8 heteroatoms. The van der Waals surface area contributed by atoms with Gasteiger partial charge in [0.25, 0.3) is 0 Å². The number of carbonyl (C=O) groups excluding carboxylic acids is 2. The van der Waals surface area contributed by atoms with Gasteiger partial charge in [-0.1, -0.05) is 98.3 Å². The average Bonchev–Trinajstić information content (AvgIpc) is 3.54. The molecule has 1 fully saturated rings. The Balaban J connectivity index is 1.23. The Morgan fingerprint density at radius 2 is 1.33 bits per heavy atom. The molecule has 8 nitrogen and oxygen atoms in total. The van der Waals surface area contributed by atoms with Crippen LogP contribution < -0.4 is 14.8 Å². The van der Waals surface area contributed by atoms with Gasteiger partial charge in [-0.05, 0) is 71.7 Å². The fraction of sp³-hybridized carbons (Fsp3) is 0.366. The van der Waals surface area contributed by atoms with E-state index in [2.05, 4.69) is 24.4 Å². The fourth-order valence-corrected chi connectivity index (χ4v) is 6.60. The minimum atomic E-state index is -0.935. The molecule has 0 aromatic heterocycles. The van der Waals surface area contributed by atoms with Gasteiger partial charge in [0, 0.05) is 19.5 Å². The lowest BCUT2D eigenvalue weighted by Crippen LogP contribution is -2.42. The van der Waals surface area contributed by atoms with Crippen molar-refractivity contribution in [3.8, 4) is 11.5 Å². The van der Waals surface area contributed by atoms with E-state index < -0.39 is 11.7 Å². The molecule has 2 amide bonds. The zero-order valence-corrected chi connectivity index (χ0v) is 28.8. The predicted molar refractivity (Wildman–Crippen MR) is 191 cm³/mol. The van der Waals surface area contributed by atoms with Crippen molar-refractivity contribution in [2.75, 3.05) is 33.9 Å². The number of carbonyl (C=O) groups is 2. The smallest absolute Gasteiger partial charge is 0.407 e. The Labute approximate surface area is 290 Å². The second-order valence-electron chi connectivity index (χ2n) is 12.7. The summed E-state index contributed by atoms with van der Waals surface area (Å²) in [4.78, 5) is 27.6. The van der Waals surface area contributed by atoms with E-state index in [1.165, 1.54) is 0 Å². The van der Waals surface area contributed by atoms with E-state index in [-0.39, 0.29) is 18.6 Å². The van der Waals surface area contributed by atoms with Gasteiger partial charge in [0.2, 0.25) is 5.91 Å². The van der Waals surface area contributed by atoms with Crippen LogP contribution >= 0.6 is 0 Å². The summed E-state index contributed by atoms with van der Waals surface area (Å²) < 4.78 is 23.4. The summed E-state index contributed by atoms with van der Waals surface area (Å²) in [7, 11) is 3.32. The Bertz CT molecular complexity index is 1550. The van der Waals surface area contributed by atoms with Crippen molar-refractivity contribution in [3.05, 3.63) is 131 Å². The van der Waals surface area contributed by atoms with Crippen LogP contribution in [0.25, 0.3) is 0 Å². The number of nitrogens with one attached hydrogen (secondary N) is 1. The molecule has 5 rings (SSSR count). The van der Waals surface area contributed by atoms with Gasteiger partial charge in [-0.3, -0.25) is 4.79 Å². The molecule has 0 unspecified atom stereocenters. The Hall–Kier alpha value is -4.82. The zero-order valence-electron chi connectivity index (χ0n) is 28.8. The lowest BCUT2D eigenvalue weighted by atomic mass is 9.80. The summed E-state index contributed by atoms with van der Waals surface area (Å²) in [6.45, 7) is 4.04. The number of hydrogen-bond acceptors (Lipinski definition) is 6. The molecule has 2 atom stereocenters. The largest absolute Gasteiger partial charge is 0.497 e. The molecule has 0 aliphatic carbocycles. The Morgan fingerprint density at radius 1 is 0.755 bits per heavy atom. The van der Waals surface area contributed by atoms with Crippen molar-refractivity contribution in [1.82, 2.24) is 10.2 Å². The number of amides is 2. The number of nitrogens with zero attached hydrogens (tertiary/aromatic N) is 1. The third-order valence-electron chi connectivity index (χ3n) is 9.16. The highest BCUT2D eigenvalue weighted by Gasteiger charge is 2.41. The van der Waals surface area contributed by atoms with Crippen molar-refractivity contribution >= 4 is 12.0 Å². The molecule has 1 aliphatic heterocycles. The number of methoxy groups -OCH3 is 2. The number of unbranched alkanes of at least 4 members (excludes halogenated alkanes) is 2. The number of rotatable bonds is 16. The quantitative estimate of drug-likeness (QED) is 0.0975. The summed E-state index contributed by atoms with van der Waals surface area (Å²) in [5.41, 5.74) is 2.93. The van der Waals surface area contributed by atoms with E-state index in [0.29, 0.717) is 32.0 Å². The van der Waals surface area contributed by atoms with Gasteiger partial charge in [0.1, 0.15) is 23.7 Å². The molecule has 1 heterocycles. The Morgan fingerprint density at radius 3 is 1.92 bits per heavy atom. The molecule has 0 spiro atoms. The number of benzene rings is 4. The lowest BCUT2D eigenvalue weighted by Gasteiger charge is -2.38.